The van der Waals surface area contributed by atoms with Crippen LogP contribution in [0.25, 0.3) is 0 Å². The first kappa shape index (κ1) is 6.04. The van der Waals surface area contributed by atoms with Gasteiger partial charge in [-0.15, -0.1) is 13.2 Å². The molecule has 1 fully saturated rings. The van der Waals surface area contributed by atoms with E-state index in [4.69, 9.17) is 0 Å². The largest absolute Gasteiger partial charge is 0.107 e. The quantitative estimate of drug-likeness (QED) is 0.502. The molecule has 0 aliphatic carbocycles. The summed E-state index contributed by atoms with van der Waals surface area (Å²) in [6.45, 7) is 7.68. The van der Waals surface area contributed by atoms with Crippen LogP contribution in [0.5, 0.6) is 0 Å². The standard InChI is InChI=1S/C6H12Si2/c1-3-8(4-2)5-7-6-8/h3-4H,1-2,5-7H2. The van der Waals surface area contributed by atoms with Crippen LogP contribution in [0.2, 0.25) is 11.3 Å². The predicted octanol–water partition coefficient (Wildman–Crippen LogP) is 0.983. The number of hydrogen-bond donors (Lipinski definition) is 0. The fourth-order valence-corrected chi connectivity index (χ4v) is 9.19. The molecule has 1 aliphatic heterocycles. The molecule has 0 spiro atoms. The first-order chi connectivity index (χ1) is 3.83. The molecule has 1 saturated heterocycles. The lowest BCUT2D eigenvalue weighted by molar-refractivity contribution is 1.56. The zero-order chi connectivity index (χ0) is 6.04. The maximum absolute atomic E-state index is 3.84. The summed E-state index contributed by atoms with van der Waals surface area (Å²) in [6.07, 6.45) is 0. The molecule has 0 radical (unpaired) electrons. The summed E-state index contributed by atoms with van der Waals surface area (Å²) < 4.78 is 0. The fourth-order valence-electron chi connectivity index (χ4n) is 1.08. The molecule has 1 rings (SSSR count). The highest BCUT2D eigenvalue weighted by Crippen LogP contribution is 2.26. The first-order valence-electron chi connectivity index (χ1n) is 3.10. The molecule has 0 unspecified atom stereocenters. The Morgan fingerprint density at radius 1 is 1.25 bits per heavy atom. The monoisotopic (exact) mass is 140 g/mol. The maximum atomic E-state index is 3.84. The highest BCUT2D eigenvalue weighted by molar-refractivity contribution is 7.05. The zero-order valence-corrected chi connectivity index (χ0v) is 7.60. The normalized spacial score (nSPS) is 23.5. The molecular weight excluding hydrogens is 128 g/mol. The second kappa shape index (κ2) is 2.03. The lowest BCUT2D eigenvalue weighted by atomic mass is 11.2. The minimum Gasteiger partial charge on any atom is -0.107 e. The molecule has 0 aromatic carbocycles. The average Bonchev–Trinajstić information content (AvgIpc) is 1.67. The Hall–Kier alpha value is -0.0862. The lowest BCUT2D eigenvalue weighted by Crippen LogP contribution is -2.42. The van der Waals surface area contributed by atoms with Gasteiger partial charge in [0.15, 0.2) is 0 Å². The van der Waals surface area contributed by atoms with Crippen molar-refractivity contribution in [3.8, 4) is 0 Å². The van der Waals surface area contributed by atoms with Crippen LogP contribution in [0, 0.1) is 0 Å². The van der Waals surface area contributed by atoms with E-state index in [2.05, 4.69) is 24.6 Å². The second-order valence-electron chi connectivity index (χ2n) is 2.49. The van der Waals surface area contributed by atoms with Crippen LogP contribution in [0.4, 0.5) is 0 Å². The van der Waals surface area contributed by atoms with E-state index in [-0.39, 0.29) is 0 Å². The summed E-state index contributed by atoms with van der Waals surface area (Å²) >= 11 is 0. The third kappa shape index (κ3) is 0.738. The molecule has 0 saturated carbocycles. The Morgan fingerprint density at radius 2 is 1.75 bits per heavy atom. The number of rotatable bonds is 2. The molecule has 0 atom stereocenters. The highest BCUT2D eigenvalue weighted by Gasteiger charge is 2.32. The van der Waals surface area contributed by atoms with Crippen molar-refractivity contribution in [1.82, 2.24) is 0 Å². The first-order valence-corrected chi connectivity index (χ1v) is 7.67. The van der Waals surface area contributed by atoms with Crippen molar-refractivity contribution in [3.05, 3.63) is 24.6 Å². The highest BCUT2D eigenvalue weighted by atomic mass is 28.4. The van der Waals surface area contributed by atoms with Gasteiger partial charge in [-0.3, -0.25) is 0 Å². The van der Waals surface area contributed by atoms with Crippen LogP contribution < -0.4 is 0 Å². The van der Waals surface area contributed by atoms with Crippen LogP contribution in [0.3, 0.4) is 0 Å². The SMILES string of the molecule is C=C[Si]1(C=C)C[SiH2]C1. The molecule has 0 aromatic rings. The molecule has 2 heteroatoms. The van der Waals surface area contributed by atoms with E-state index >= 15 is 0 Å². The molecule has 0 amide bonds. The molecule has 0 nitrogen and oxygen atoms in total. The zero-order valence-electron chi connectivity index (χ0n) is 5.19. The summed E-state index contributed by atoms with van der Waals surface area (Å²) in [5.74, 6) is 0. The van der Waals surface area contributed by atoms with E-state index in [1.807, 2.05) is 0 Å². The summed E-state index contributed by atoms with van der Waals surface area (Å²) in [4.78, 5) is 0. The van der Waals surface area contributed by atoms with Gasteiger partial charge in [-0.25, -0.2) is 0 Å². The minimum absolute atomic E-state index is 0.398. The predicted molar refractivity (Wildman–Crippen MR) is 44.3 cm³/mol. The Kier molecular flexibility index (Phi) is 1.53. The van der Waals surface area contributed by atoms with Gasteiger partial charge >= 0.3 is 0 Å². The van der Waals surface area contributed by atoms with Gasteiger partial charge in [0.1, 0.15) is 0 Å². The van der Waals surface area contributed by atoms with Crippen molar-refractivity contribution < 1.29 is 0 Å². The van der Waals surface area contributed by atoms with Crippen LogP contribution in [0.1, 0.15) is 0 Å². The second-order valence-corrected chi connectivity index (χ2v) is 10.5. The van der Waals surface area contributed by atoms with Gasteiger partial charge in [0.25, 0.3) is 0 Å². The van der Waals surface area contributed by atoms with Crippen LogP contribution >= 0.6 is 0 Å². The van der Waals surface area contributed by atoms with Crippen LogP contribution in [0.15, 0.2) is 24.6 Å². The van der Waals surface area contributed by atoms with Crippen LogP contribution in [-0.4, -0.2) is 17.6 Å². The summed E-state index contributed by atoms with van der Waals surface area (Å²) in [7, 11) is -0.503. The van der Waals surface area contributed by atoms with E-state index < -0.39 is 8.07 Å². The van der Waals surface area contributed by atoms with Crippen molar-refractivity contribution in [1.29, 1.82) is 0 Å². The van der Waals surface area contributed by atoms with E-state index in [0.29, 0.717) is 9.52 Å². The van der Waals surface area contributed by atoms with Gasteiger partial charge in [0.2, 0.25) is 0 Å². The summed E-state index contributed by atoms with van der Waals surface area (Å²) in [5.41, 5.74) is 7.47. The fraction of sp³-hybridized carbons (Fsp3) is 0.333. The molecule has 1 heterocycles. The summed E-state index contributed by atoms with van der Waals surface area (Å²) in [5, 5.41) is 0. The Morgan fingerprint density at radius 3 is 1.75 bits per heavy atom. The third-order valence-corrected chi connectivity index (χ3v) is 14.0. The van der Waals surface area contributed by atoms with E-state index in [0.717, 1.165) is 0 Å². The smallest absolute Gasteiger partial charge is 0.0941 e. The molecule has 8 heavy (non-hydrogen) atoms. The Balaban J connectivity index is 2.57. The van der Waals surface area contributed by atoms with Gasteiger partial charge < -0.3 is 0 Å². The molecule has 1 aliphatic rings. The van der Waals surface area contributed by atoms with Crippen molar-refractivity contribution in [2.45, 2.75) is 11.3 Å². The van der Waals surface area contributed by atoms with E-state index in [9.17, 15) is 0 Å². The van der Waals surface area contributed by atoms with Gasteiger partial charge in [-0.2, -0.15) is 0 Å². The van der Waals surface area contributed by atoms with Gasteiger partial charge in [-0.1, -0.05) is 22.7 Å². The van der Waals surface area contributed by atoms with Crippen LogP contribution in [-0.2, 0) is 0 Å². The third-order valence-electron chi connectivity index (χ3n) is 2.10. The Labute approximate surface area is 54.1 Å². The van der Waals surface area contributed by atoms with Crippen molar-refractivity contribution >= 4 is 17.6 Å². The van der Waals surface area contributed by atoms with Gasteiger partial charge in [-0.05, 0) is 0 Å². The molecule has 0 bridgehead atoms. The average molecular weight is 140 g/mol. The van der Waals surface area contributed by atoms with Gasteiger partial charge in [0.05, 0.1) is 8.07 Å². The lowest BCUT2D eigenvalue weighted by Gasteiger charge is -2.32. The topological polar surface area (TPSA) is 0 Å². The van der Waals surface area contributed by atoms with E-state index in [1.165, 1.54) is 0 Å². The maximum Gasteiger partial charge on any atom is 0.0941 e. The minimum atomic E-state index is -0.901. The van der Waals surface area contributed by atoms with Crippen molar-refractivity contribution in [3.63, 3.8) is 0 Å². The van der Waals surface area contributed by atoms with Gasteiger partial charge in [0, 0.05) is 9.52 Å². The van der Waals surface area contributed by atoms with Crippen molar-refractivity contribution in [2.75, 3.05) is 0 Å². The summed E-state index contributed by atoms with van der Waals surface area (Å²) in [6, 6.07) is 0. The Bertz CT molecular complexity index is 104. The molecule has 0 aromatic heterocycles. The number of hydrogen-bond acceptors (Lipinski definition) is 0. The van der Waals surface area contributed by atoms with Crippen molar-refractivity contribution in [2.24, 2.45) is 0 Å². The van der Waals surface area contributed by atoms with E-state index in [1.54, 1.807) is 11.3 Å². The molecular formula is C6H12Si2. The molecule has 0 N–H and O–H groups in total. The molecule has 44 valence electrons.